The number of ether oxygens (including phenoxy) is 1. The summed E-state index contributed by atoms with van der Waals surface area (Å²) in [5.41, 5.74) is 1.19. The summed E-state index contributed by atoms with van der Waals surface area (Å²) in [7, 11) is 0. The molecule has 11 heteroatoms. The fourth-order valence-electron chi connectivity index (χ4n) is 4.51. The standard InChI is InChI=1S/C26H22ClFN4O4S/c1-3-36-23(34)26(2)13-32(22-19(33)11-9-15(27)21(22)26)18-7-5-4-6-16(18)29-24(35)31-25-30-17-10-8-14(28)12-20(17)37-25/h4-12,33H,3,13H2,1-2H3,(H2,29,30,31,35). The average Bonchev–Trinajstić information content (AvgIpc) is 3.40. The van der Waals surface area contributed by atoms with E-state index in [0.717, 1.165) is 11.3 Å². The van der Waals surface area contributed by atoms with Gasteiger partial charge in [-0.05, 0) is 56.3 Å². The van der Waals surface area contributed by atoms with Crippen molar-refractivity contribution in [3.63, 3.8) is 0 Å². The minimum absolute atomic E-state index is 0.0617. The molecule has 1 aliphatic heterocycles. The lowest BCUT2D eigenvalue weighted by atomic mass is 9.84. The van der Waals surface area contributed by atoms with E-state index in [1.807, 2.05) is 0 Å². The molecule has 0 radical (unpaired) electrons. The van der Waals surface area contributed by atoms with Gasteiger partial charge in [0.25, 0.3) is 0 Å². The van der Waals surface area contributed by atoms with Crippen LogP contribution >= 0.6 is 22.9 Å². The van der Waals surface area contributed by atoms with Crippen molar-refractivity contribution in [2.75, 3.05) is 28.7 Å². The van der Waals surface area contributed by atoms with Crippen LogP contribution in [0.4, 0.5) is 31.4 Å². The topological polar surface area (TPSA) is 104 Å². The Labute approximate surface area is 220 Å². The Morgan fingerprint density at radius 3 is 2.78 bits per heavy atom. The van der Waals surface area contributed by atoms with E-state index in [9.17, 15) is 19.1 Å². The highest BCUT2D eigenvalue weighted by Crippen LogP contribution is 2.53. The summed E-state index contributed by atoms with van der Waals surface area (Å²) in [6.07, 6.45) is 0. The minimum atomic E-state index is -1.16. The van der Waals surface area contributed by atoms with E-state index in [1.54, 1.807) is 49.1 Å². The number of amides is 2. The molecule has 2 amide bonds. The van der Waals surface area contributed by atoms with Crippen LogP contribution in [0.1, 0.15) is 19.4 Å². The first-order valence-corrected chi connectivity index (χ1v) is 12.6. The van der Waals surface area contributed by atoms with Crippen molar-refractivity contribution in [2.45, 2.75) is 19.3 Å². The number of carbonyl (C=O) groups is 2. The fourth-order valence-corrected chi connectivity index (χ4v) is 5.75. The zero-order chi connectivity index (χ0) is 26.3. The molecule has 5 rings (SSSR count). The lowest BCUT2D eigenvalue weighted by molar-refractivity contribution is -0.148. The molecule has 8 nitrogen and oxygen atoms in total. The van der Waals surface area contributed by atoms with Crippen molar-refractivity contribution in [1.29, 1.82) is 0 Å². The molecule has 0 saturated heterocycles. The molecular weight excluding hydrogens is 519 g/mol. The molecule has 3 aromatic carbocycles. The van der Waals surface area contributed by atoms with Crippen LogP contribution < -0.4 is 15.5 Å². The first-order chi connectivity index (χ1) is 17.7. The molecule has 3 N–H and O–H groups in total. The predicted molar refractivity (Wildman–Crippen MR) is 143 cm³/mol. The first-order valence-electron chi connectivity index (χ1n) is 11.4. The van der Waals surface area contributed by atoms with E-state index in [1.165, 1.54) is 24.3 Å². The van der Waals surface area contributed by atoms with E-state index in [-0.39, 0.29) is 24.7 Å². The normalized spacial score (nSPS) is 16.5. The van der Waals surface area contributed by atoms with E-state index in [4.69, 9.17) is 16.3 Å². The number of aromatic hydroxyl groups is 1. The van der Waals surface area contributed by atoms with Gasteiger partial charge in [-0.3, -0.25) is 10.1 Å². The maximum absolute atomic E-state index is 13.5. The van der Waals surface area contributed by atoms with Crippen molar-refractivity contribution in [3.8, 4) is 5.75 Å². The molecule has 190 valence electrons. The van der Waals surface area contributed by atoms with Gasteiger partial charge in [0, 0.05) is 17.1 Å². The van der Waals surface area contributed by atoms with Crippen LogP contribution in [0.2, 0.25) is 5.02 Å². The third-order valence-corrected chi connectivity index (χ3v) is 7.39. The van der Waals surface area contributed by atoms with Gasteiger partial charge in [0.15, 0.2) is 5.13 Å². The van der Waals surface area contributed by atoms with E-state index in [2.05, 4.69) is 15.6 Å². The number of urea groups is 1. The third-order valence-electron chi connectivity index (χ3n) is 6.14. The Hall–Kier alpha value is -3.89. The number of phenolic OH excluding ortho intramolecular Hbond substituents is 1. The van der Waals surface area contributed by atoms with Gasteiger partial charge in [0.1, 0.15) is 17.0 Å². The number of halogens is 2. The van der Waals surface area contributed by atoms with Crippen LogP contribution in [0, 0.1) is 5.82 Å². The van der Waals surface area contributed by atoms with Crippen molar-refractivity contribution in [1.82, 2.24) is 4.98 Å². The van der Waals surface area contributed by atoms with Crippen molar-refractivity contribution >= 4 is 67.3 Å². The third kappa shape index (κ3) is 4.42. The van der Waals surface area contributed by atoms with Crippen LogP contribution in [0.15, 0.2) is 54.6 Å². The summed E-state index contributed by atoms with van der Waals surface area (Å²) < 4.78 is 19.5. The number of rotatable bonds is 5. The smallest absolute Gasteiger partial charge is 0.325 e. The number of esters is 1. The summed E-state index contributed by atoms with van der Waals surface area (Å²) in [6, 6.07) is 13.6. The highest BCUT2D eigenvalue weighted by molar-refractivity contribution is 7.22. The first kappa shape index (κ1) is 24.8. The molecule has 0 spiro atoms. The zero-order valence-electron chi connectivity index (χ0n) is 19.8. The maximum Gasteiger partial charge on any atom is 0.325 e. The van der Waals surface area contributed by atoms with Crippen molar-refractivity contribution in [2.24, 2.45) is 0 Å². The second-order valence-corrected chi connectivity index (χ2v) is 10.1. The number of thiazole rings is 1. The Morgan fingerprint density at radius 1 is 1.22 bits per heavy atom. The van der Waals surface area contributed by atoms with Crippen molar-refractivity contribution < 1.29 is 23.8 Å². The Balaban J connectivity index is 1.47. The van der Waals surface area contributed by atoms with Crippen LogP contribution in [0.3, 0.4) is 0 Å². The summed E-state index contributed by atoms with van der Waals surface area (Å²) in [4.78, 5) is 32.0. The van der Waals surface area contributed by atoms with Gasteiger partial charge in [0.2, 0.25) is 0 Å². The lowest BCUT2D eigenvalue weighted by Gasteiger charge is -2.26. The fraction of sp³-hybridized carbons (Fsp3) is 0.192. The number of benzene rings is 3. The molecule has 1 atom stereocenters. The molecule has 1 aliphatic rings. The van der Waals surface area contributed by atoms with E-state index in [0.29, 0.717) is 43.0 Å². The minimum Gasteiger partial charge on any atom is -0.506 e. The number of fused-ring (bicyclic) bond motifs is 2. The summed E-state index contributed by atoms with van der Waals surface area (Å²) >= 11 is 7.68. The molecule has 2 heterocycles. The second kappa shape index (κ2) is 9.53. The molecule has 0 bridgehead atoms. The molecule has 0 aliphatic carbocycles. The molecular formula is C26H22ClFN4O4S. The second-order valence-electron chi connectivity index (χ2n) is 8.66. The Kier molecular flexibility index (Phi) is 6.38. The summed E-state index contributed by atoms with van der Waals surface area (Å²) in [5, 5.41) is 16.9. The number of carbonyl (C=O) groups excluding carboxylic acids is 2. The molecule has 1 aromatic heterocycles. The van der Waals surface area contributed by atoms with Gasteiger partial charge >= 0.3 is 12.0 Å². The number of anilines is 4. The van der Waals surface area contributed by atoms with E-state index >= 15 is 0 Å². The van der Waals surface area contributed by atoms with Crippen molar-refractivity contribution in [3.05, 3.63) is 71.0 Å². The number of hydrogen-bond acceptors (Lipinski definition) is 7. The Bertz CT molecular complexity index is 1540. The summed E-state index contributed by atoms with van der Waals surface area (Å²) in [6.45, 7) is 3.76. The number of nitrogens with zero attached hydrogens (tertiary/aromatic N) is 2. The zero-order valence-corrected chi connectivity index (χ0v) is 21.4. The highest BCUT2D eigenvalue weighted by atomic mass is 35.5. The molecule has 0 fully saturated rings. The number of phenols is 1. The van der Waals surface area contributed by atoms with Gasteiger partial charge in [-0.2, -0.15) is 0 Å². The van der Waals surface area contributed by atoms with Crippen LogP contribution in [0.25, 0.3) is 10.2 Å². The van der Waals surface area contributed by atoms with Gasteiger partial charge < -0.3 is 20.1 Å². The largest absolute Gasteiger partial charge is 0.506 e. The SMILES string of the molecule is CCOC(=O)C1(C)CN(c2ccccc2NC(=O)Nc2nc3ccc(F)cc3s2)c2c(O)ccc(Cl)c21. The molecule has 37 heavy (non-hydrogen) atoms. The average molecular weight is 541 g/mol. The van der Waals surface area contributed by atoms with Gasteiger partial charge in [-0.15, -0.1) is 0 Å². The van der Waals surface area contributed by atoms with Gasteiger partial charge in [0.05, 0.1) is 33.9 Å². The van der Waals surface area contributed by atoms with Gasteiger partial charge in [-0.1, -0.05) is 35.1 Å². The maximum atomic E-state index is 13.5. The van der Waals surface area contributed by atoms with Gasteiger partial charge in [-0.25, -0.2) is 14.2 Å². The quantitative estimate of drug-likeness (QED) is 0.253. The Morgan fingerprint density at radius 2 is 2.00 bits per heavy atom. The summed E-state index contributed by atoms with van der Waals surface area (Å²) in [5.74, 6) is -0.916. The lowest BCUT2D eigenvalue weighted by Crippen LogP contribution is -2.38. The van der Waals surface area contributed by atoms with Crippen LogP contribution in [-0.2, 0) is 14.9 Å². The monoisotopic (exact) mass is 540 g/mol. The van der Waals surface area contributed by atoms with Crippen LogP contribution in [-0.4, -0.2) is 35.2 Å². The van der Waals surface area contributed by atoms with Crippen LogP contribution in [0.5, 0.6) is 5.75 Å². The molecule has 0 saturated carbocycles. The number of nitrogens with one attached hydrogen (secondary N) is 2. The molecule has 1 unspecified atom stereocenters. The van der Waals surface area contributed by atoms with E-state index < -0.39 is 17.4 Å². The molecule has 4 aromatic rings. The predicted octanol–water partition coefficient (Wildman–Crippen LogP) is 6.41. The number of para-hydroxylation sites is 2. The number of aromatic nitrogens is 1. The highest BCUT2D eigenvalue weighted by Gasteiger charge is 2.49. The number of hydrogen-bond donors (Lipinski definition) is 3.